The molecule has 0 fully saturated rings. The first-order valence-corrected chi connectivity index (χ1v) is 29.8. The number of hydrogen-bond acceptors (Lipinski definition) is 7. The largest absolute Gasteiger partial charge is 0.456 e. The molecule has 7 nitrogen and oxygen atoms in total. The number of rotatable bonds is 6. The molecule has 410 valence electrons. The first kappa shape index (κ1) is 47.9. The van der Waals surface area contributed by atoms with E-state index in [0.717, 1.165) is 138 Å². The maximum absolute atomic E-state index is 7.07. The number of furan rings is 5. The van der Waals surface area contributed by atoms with Crippen molar-refractivity contribution < 1.29 is 22.1 Å². The molecule has 0 amide bonds. The van der Waals surface area contributed by atoms with E-state index < -0.39 is 5.54 Å². The van der Waals surface area contributed by atoms with Gasteiger partial charge in [0.15, 0.2) is 0 Å². The molecule has 3 aliphatic carbocycles. The third-order valence-corrected chi connectivity index (χ3v) is 19.7. The van der Waals surface area contributed by atoms with Gasteiger partial charge >= 0.3 is 0 Å². The van der Waals surface area contributed by atoms with Gasteiger partial charge < -0.3 is 31.9 Å². The van der Waals surface area contributed by atoms with Crippen molar-refractivity contribution in [1.29, 1.82) is 0 Å². The molecule has 0 N–H and O–H groups in total. The van der Waals surface area contributed by atoms with Crippen molar-refractivity contribution in [2.75, 3.05) is 9.80 Å². The fourth-order valence-corrected chi connectivity index (χ4v) is 15.9. The van der Waals surface area contributed by atoms with Crippen LogP contribution in [-0.4, -0.2) is 5.54 Å². The van der Waals surface area contributed by atoms with Crippen LogP contribution < -0.4 is 20.4 Å². The molecule has 3 aliphatic rings. The average Bonchev–Trinajstić information content (AvgIpc) is 2.08. The smallest absolute Gasteiger partial charge is 0.147 e. The Morgan fingerprint density at radius 3 is 1.49 bits per heavy atom. The zero-order chi connectivity index (χ0) is 57.1. The summed E-state index contributed by atoms with van der Waals surface area (Å²) in [6, 6.07) is 76.2. The Kier molecular flexibility index (Phi) is 9.28. The highest BCUT2D eigenvalue weighted by Gasteiger charge is 2.43. The van der Waals surface area contributed by atoms with Crippen LogP contribution in [0.25, 0.3) is 133 Å². The van der Waals surface area contributed by atoms with Gasteiger partial charge in [0.1, 0.15) is 55.7 Å². The number of para-hydroxylation sites is 2. The maximum Gasteiger partial charge on any atom is 0.147 e. The van der Waals surface area contributed by atoms with Crippen LogP contribution in [0.15, 0.2) is 234 Å². The monoisotopic (exact) mass is 1110 g/mol. The summed E-state index contributed by atoms with van der Waals surface area (Å²) in [5, 5.41) is 10.5. The molecule has 86 heavy (non-hydrogen) atoms. The highest BCUT2D eigenvalue weighted by Crippen LogP contribution is 2.57. The van der Waals surface area contributed by atoms with Crippen molar-refractivity contribution >= 4 is 139 Å². The zero-order valence-corrected chi connectivity index (χ0v) is 48.0. The molecule has 1 atom stereocenters. The van der Waals surface area contributed by atoms with Gasteiger partial charge in [0.2, 0.25) is 0 Å². The van der Waals surface area contributed by atoms with Crippen molar-refractivity contribution in [2.45, 2.75) is 57.4 Å². The van der Waals surface area contributed by atoms with Crippen LogP contribution in [0.3, 0.4) is 0 Å². The van der Waals surface area contributed by atoms with Crippen LogP contribution in [-0.2, 0) is 10.8 Å². The fourth-order valence-electron chi connectivity index (χ4n) is 15.9. The molecule has 19 rings (SSSR count). The molecule has 16 aromatic rings. The summed E-state index contributed by atoms with van der Waals surface area (Å²) in [6.07, 6.45) is 5.45. The number of benzene rings is 11. The quantitative estimate of drug-likeness (QED) is 0.164. The second-order valence-corrected chi connectivity index (χ2v) is 25.3. The summed E-state index contributed by atoms with van der Waals surface area (Å²) in [7, 11) is 0. The second kappa shape index (κ2) is 16.6. The zero-order valence-electron chi connectivity index (χ0n) is 48.0. The molecule has 1 unspecified atom stereocenters. The van der Waals surface area contributed by atoms with E-state index in [-0.39, 0.29) is 10.8 Å². The summed E-state index contributed by atoms with van der Waals surface area (Å²) in [5.74, 6) is 0. The van der Waals surface area contributed by atoms with E-state index in [1.54, 1.807) is 0 Å². The summed E-state index contributed by atoms with van der Waals surface area (Å²) < 4.78 is 34.3. The second-order valence-electron chi connectivity index (χ2n) is 25.3. The molecular formula is C79H54N2O5. The van der Waals surface area contributed by atoms with E-state index in [9.17, 15) is 0 Å². The van der Waals surface area contributed by atoms with Crippen LogP contribution in [0, 0.1) is 0 Å². The van der Waals surface area contributed by atoms with Crippen molar-refractivity contribution in [3.8, 4) is 22.3 Å². The summed E-state index contributed by atoms with van der Waals surface area (Å²) in [4.78, 5) is 4.92. The van der Waals surface area contributed by atoms with Gasteiger partial charge in [0.25, 0.3) is 0 Å². The minimum atomic E-state index is -0.573. The molecule has 0 radical (unpaired) electrons. The summed E-state index contributed by atoms with van der Waals surface area (Å²) in [6.45, 7) is 11.8. The lowest BCUT2D eigenvalue weighted by molar-refractivity contribution is 0.543. The van der Waals surface area contributed by atoms with Gasteiger partial charge in [-0.25, -0.2) is 0 Å². The van der Waals surface area contributed by atoms with Gasteiger partial charge in [-0.15, -0.1) is 0 Å². The third-order valence-electron chi connectivity index (χ3n) is 19.7. The van der Waals surface area contributed by atoms with Crippen molar-refractivity contribution in [3.63, 3.8) is 0 Å². The first-order valence-electron chi connectivity index (χ1n) is 29.8. The molecule has 0 aliphatic heterocycles. The molecule has 5 heterocycles. The van der Waals surface area contributed by atoms with Gasteiger partial charge in [0, 0.05) is 100 Å². The Bertz CT molecular complexity index is 5820. The Hall–Kier alpha value is -10.5. The Labute approximate surface area is 493 Å². The van der Waals surface area contributed by atoms with Crippen LogP contribution in [0.5, 0.6) is 0 Å². The van der Waals surface area contributed by atoms with Crippen LogP contribution in [0.2, 0.25) is 0 Å². The lowest BCUT2D eigenvalue weighted by Crippen LogP contribution is -2.47. The SMILES string of the molecule is CC1(C)c2ccccc2-c2cccc(N(c3ccc4c(c3)oc3ccccc34)c3ccc4c(c3)oc3ccc5c(oc6ccc7oc8c(c7c65)=CCC(C)(N(c5ccc6c(c5)oc5ccccc56)c5cccc6c5C(C)(C)c5ccccc5-6)C=8)c34)c21. The fraction of sp³-hybridized carbons (Fsp3) is 0.114. The van der Waals surface area contributed by atoms with Crippen molar-refractivity contribution in [3.05, 3.63) is 245 Å². The summed E-state index contributed by atoms with van der Waals surface area (Å²) in [5.41, 5.74) is 22.7. The van der Waals surface area contributed by atoms with E-state index in [2.05, 4.69) is 251 Å². The van der Waals surface area contributed by atoms with Gasteiger partial charge in [-0.3, -0.25) is 0 Å². The lowest BCUT2D eigenvalue weighted by Gasteiger charge is -2.43. The van der Waals surface area contributed by atoms with Crippen LogP contribution >= 0.6 is 0 Å². The molecule has 0 spiro atoms. The normalized spacial score (nSPS) is 16.3. The Balaban J connectivity index is 0.771. The standard InChI is InChI=1S/C79H54N2O5/c1-77(2)58-22-10-6-16-47(58)53-20-14-24-60(74(53)77)80(44-28-31-51-49-18-8-12-26-62(49)82-67(51)40-44)45-29-33-55-69(41-45)84-66-35-34-57-72-65(86-76(57)73(55)66)37-36-64-71(72)56-38-39-79(5,43-70(56)85-64)81(46-30-32-52-50-19-9-13-27-63(50)83-68(52)42-46)61-25-15-21-54-48-17-7-11-23-59(48)78(3,4)75(54)61/h6-38,40-43H,39H2,1-5H3. The Morgan fingerprint density at radius 2 is 0.826 bits per heavy atom. The molecule has 0 bridgehead atoms. The highest BCUT2D eigenvalue weighted by molar-refractivity contribution is 6.26. The molecule has 7 heteroatoms. The van der Waals surface area contributed by atoms with Gasteiger partial charge in [-0.2, -0.15) is 0 Å². The third kappa shape index (κ3) is 6.31. The number of fused-ring (bicyclic) bond motifs is 23. The van der Waals surface area contributed by atoms with Crippen LogP contribution in [0.4, 0.5) is 28.4 Å². The highest BCUT2D eigenvalue weighted by atomic mass is 16.4. The average molecular weight is 1110 g/mol. The number of nitrogens with zero attached hydrogens (tertiary/aromatic N) is 2. The van der Waals surface area contributed by atoms with Crippen LogP contribution in [0.1, 0.15) is 63.3 Å². The number of hydrogen-bond donors (Lipinski definition) is 0. The molecule has 11 aromatic carbocycles. The van der Waals surface area contributed by atoms with E-state index in [4.69, 9.17) is 22.1 Å². The first-order chi connectivity index (χ1) is 42.0. The van der Waals surface area contributed by atoms with E-state index >= 15 is 0 Å². The van der Waals surface area contributed by atoms with E-state index in [1.165, 1.54) is 44.5 Å². The molecule has 0 saturated carbocycles. The minimum absolute atomic E-state index is 0.258. The number of anilines is 5. The predicted molar refractivity (Wildman–Crippen MR) is 351 cm³/mol. The topological polar surface area (TPSA) is 72.2 Å². The van der Waals surface area contributed by atoms with Crippen molar-refractivity contribution in [1.82, 2.24) is 0 Å². The molecule has 0 saturated heterocycles. The van der Waals surface area contributed by atoms with E-state index in [0.29, 0.717) is 6.42 Å². The molecular weight excluding hydrogens is 1060 g/mol. The van der Waals surface area contributed by atoms with E-state index in [1.807, 2.05) is 18.2 Å². The lowest BCUT2D eigenvalue weighted by atomic mass is 9.80. The minimum Gasteiger partial charge on any atom is -0.456 e. The Morgan fingerprint density at radius 1 is 0.349 bits per heavy atom. The predicted octanol–water partition coefficient (Wildman–Crippen LogP) is 20.7. The van der Waals surface area contributed by atoms with Gasteiger partial charge in [-0.1, -0.05) is 143 Å². The maximum atomic E-state index is 7.07. The van der Waals surface area contributed by atoms with Gasteiger partial charge in [0.05, 0.1) is 16.6 Å². The molecule has 5 aromatic heterocycles. The summed E-state index contributed by atoms with van der Waals surface area (Å²) >= 11 is 0. The van der Waals surface area contributed by atoms with Gasteiger partial charge in [-0.05, 0) is 149 Å². The van der Waals surface area contributed by atoms with Crippen molar-refractivity contribution in [2.24, 2.45) is 0 Å².